The van der Waals surface area contributed by atoms with E-state index in [1.807, 2.05) is 7.05 Å². The maximum Gasteiger partial charge on any atom is 0.573 e. The van der Waals surface area contributed by atoms with Crippen LogP contribution in [0.25, 0.3) is 0 Å². The molecule has 1 heterocycles. The van der Waals surface area contributed by atoms with Gasteiger partial charge < -0.3 is 15.0 Å². The topological polar surface area (TPSA) is 24.5 Å². The predicted octanol–water partition coefficient (Wildman–Crippen LogP) is 3.54. The minimum atomic E-state index is -4.67. The molecule has 7 heteroatoms. The van der Waals surface area contributed by atoms with Gasteiger partial charge in [-0.05, 0) is 54.0 Å². The smallest absolute Gasteiger partial charge is 0.405 e. The highest BCUT2D eigenvalue weighted by molar-refractivity contribution is 9.10. The van der Waals surface area contributed by atoms with Crippen molar-refractivity contribution in [1.82, 2.24) is 5.32 Å². The fourth-order valence-corrected chi connectivity index (χ4v) is 2.79. The molecular formula is C13H16BrF3N2O. The lowest BCUT2D eigenvalue weighted by molar-refractivity contribution is -0.274. The van der Waals surface area contributed by atoms with Gasteiger partial charge in [-0.1, -0.05) is 0 Å². The Bertz CT molecular complexity index is 467. The van der Waals surface area contributed by atoms with Crippen molar-refractivity contribution in [3.8, 4) is 5.75 Å². The third-order valence-corrected chi connectivity index (χ3v) is 3.96. The van der Waals surface area contributed by atoms with Gasteiger partial charge in [-0.2, -0.15) is 0 Å². The Labute approximate surface area is 124 Å². The summed E-state index contributed by atoms with van der Waals surface area (Å²) in [6.07, 6.45) is -2.50. The van der Waals surface area contributed by atoms with Crippen molar-refractivity contribution >= 4 is 21.6 Å². The lowest BCUT2D eigenvalue weighted by atomic mass is 10.1. The molecule has 3 nitrogen and oxygen atoms in total. The fourth-order valence-electron chi connectivity index (χ4n) is 2.34. The van der Waals surface area contributed by atoms with Crippen LogP contribution in [0.4, 0.5) is 18.9 Å². The highest BCUT2D eigenvalue weighted by atomic mass is 79.9. The van der Waals surface area contributed by atoms with Gasteiger partial charge in [0.2, 0.25) is 0 Å². The fraction of sp³-hybridized carbons (Fsp3) is 0.538. The lowest BCUT2D eigenvalue weighted by Gasteiger charge is -2.34. The summed E-state index contributed by atoms with van der Waals surface area (Å²) in [6.45, 7) is 1.76. The van der Waals surface area contributed by atoms with Gasteiger partial charge in [0.15, 0.2) is 0 Å². The van der Waals surface area contributed by atoms with Crippen molar-refractivity contribution in [3.05, 3.63) is 22.7 Å². The van der Waals surface area contributed by atoms with Crippen LogP contribution in [0.3, 0.4) is 0 Å². The molecule has 1 aromatic carbocycles. The van der Waals surface area contributed by atoms with Gasteiger partial charge in [0, 0.05) is 24.8 Å². The zero-order chi connectivity index (χ0) is 14.8. The van der Waals surface area contributed by atoms with Crippen molar-refractivity contribution in [1.29, 1.82) is 0 Å². The van der Waals surface area contributed by atoms with Crippen LogP contribution in [0.1, 0.15) is 12.8 Å². The first kappa shape index (κ1) is 15.4. The zero-order valence-electron chi connectivity index (χ0n) is 11.0. The maximum absolute atomic E-state index is 12.2. The number of halogens is 4. The third-order valence-electron chi connectivity index (χ3n) is 3.34. The van der Waals surface area contributed by atoms with Gasteiger partial charge >= 0.3 is 6.36 Å². The van der Waals surface area contributed by atoms with Crippen molar-refractivity contribution in [2.45, 2.75) is 25.2 Å². The van der Waals surface area contributed by atoms with Crippen LogP contribution >= 0.6 is 15.9 Å². The Balaban J connectivity index is 2.12. The Morgan fingerprint density at radius 1 is 1.40 bits per heavy atom. The molecule has 0 amide bonds. The van der Waals surface area contributed by atoms with Crippen LogP contribution in [0, 0.1) is 0 Å². The van der Waals surface area contributed by atoms with Crippen LogP contribution in [0.5, 0.6) is 5.75 Å². The molecule has 0 saturated carbocycles. The number of ether oxygens (including phenoxy) is 1. The van der Waals surface area contributed by atoms with Crippen LogP contribution in [0.15, 0.2) is 22.7 Å². The molecule has 1 N–H and O–H groups in total. The molecule has 112 valence electrons. The highest BCUT2D eigenvalue weighted by Gasteiger charge is 2.32. The van der Waals surface area contributed by atoms with E-state index in [2.05, 4.69) is 30.9 Å². The third kappa shape index (κ3) is 4.02. The molecule has 0 aliphatic carbocycles. The molecule has 0 radical (unpaired) electrons. The number of hydrogen-bond donors (Lipinski definition) is 1. The Hall–Kier alpha value is -0.950. The first-order chi connectivity index (χ1) is 9.39. The molecule has 0 spiro atoms. The molecule has 1 aliphatic rings. The SMILES string of the molecule is CNC1CCCN(c2ccc(OC(F)(F)F)c(Br)c2)C1. The standard InChI is InChI=1S/C13H16BrF3N2O/c1-18-9-3-2-6-19(8-9)10-4-5-12(11(14)7-10)20-13(15,16)17/h4-5,7,9,18H,2-3,6,8H2,1H3. The van der Waals surface area contributed by atoms with Gasteiger partial charge in [-0.25, -0.2) is 0 Å². The molecule has 0 bridgehead atoms. The number of piperidine rings is 1. The summed E-state index contributed by atoms with van der Waals surface area (Å²) < 4.78 is 40.9. The average Bonchev–Trinajstić information content (AvgIpc) is 2.40. The van der Waals surface area contributed by atoms with E-state index in [4.69, 9.17) is 0 Å². The highest BCUT2D eigenvalue weighted by Crippen LogP contribution is 2.34. The Morgan fingerprint density at radius 3 is 2.75 bits per heavy atom. The van der Waals surface area contributed by atoms with E-state index < -0.39 is 6.36 Å². The molecule has 1 unspecified atom stereocenters. The van der Waals surface area contributed by atoms with Crippen molar-refractivity contribution in [2.75, 3.05) is 25.0 Å². The molecule has 2 rings (SSSR count). The average molecular weight is 353 g/mol. The molecule has 1 fully saturated rings. The Morgan fingerprint density at radius 2 is 2.15 bits per heavy atom. The van der Waals surface area contributed by atoms with E-state index in [-0.39, 0.29) is 5.75 Å². The normalized spacial score (nSPS) is 20.1. The number of nitrogens with zero attached hydrogens (tertiary/aromatic N) is 1. The second kappa shape index (κ2) is 6.22. The monoisotopic (exact) mass is 352 g/mol. The van der Waals surface area contributed by atoms with Gasteiger partial charge in [0.25, 0.3) is 0 Å². The summed E-state index contributed by atoms with van der Waals surface area (Å²) in [4.78, 5) is 2.16. The van der Waals surface area contributed by atoms with Gasteiger partial charge in [0.05, 0.1) is 4.47 Å². The van der Waals surface area contributed by atoms with Crippen LogP contribution in [0.2, 0.25) is 0 Å². The van der Waals surface area contributed by atoms with E-state index in [9.17, 15) is 13.2 Å². The second-order valence-corrected chi connectivity index (χ2v) is 5.59. The van der Waals surface area contributed by atoms with Crippen molar-refractivity contribution < 1.29 is 17.9 Å². The second-order valence-electron chi connectivity index (χ2n) is 4.74. The molecular weight excluding hydrogens is 337 g/mol. The van der Waals surface area contributed by atoms with Crippen LogP contribution < -0.4 is 15.0 Å². The van der Waals surface area contributed by atoms with E-state index in [1.54, 1.807) is 12.1 Å². The number of likely N-dealkylation sites (N-methyl/N-ethyl adjacent to an activating group) is 1. The number of hydrogen-bond acceptors (Lipinski definition) is 3. The minimum absolute atomic E-state index is 0.219. The van der Waals surface area contributed by atoms with Gasteiger partial charge in [-0.3, -0.25) is 0 Å². The largest absolute Gasteiger partial charge is 0.573 e. The maximum atomic E-state index is 12.2. The summed E-state index contributed by atoms with van der Waals surface area (Å²) >= 11 is 3.13. The number of benzene rings is 1. The molecule has 1 atom stereocenters. The summed E-state index contributed by atoms with van der Waals surface area (Å²) in [7, 11) is 1.92. The van der Waals surface area contributed by atoms with E-state index in [0.717, 1.165) is 31.6 Å². The molecule has 20 heavy (non-hydrogen) atoms. The summed E-state index contributed by atoms with van der Waals surface area (Å²) in [5.74, 6) is -0.219. The quantitative estimate of drug-likeness (QED) is 0.900. The number of rotatable bonds is 3. The lowest BCUT2D eigenvalue weighted by Crippen LogP contribution is -2.44. The first-order valence-electron chi connectivity index (χ1n) is 6.36. The van der Waals surface area contributed by atoms with E-state index in [0.29, 0.717) is 10.5 Å². The first-order valence-corrected chi connectivity index (χ1v) is 7.16. The van der Waals surface area contributed by atoms with Crippen molar-refractivity contribution in [2.24, 2.45) is 0 Å². The van der Waals surface area contributed by atoms with E-state index >= 15 is 0 Å². The summed E-state index contributed by atoms with van der Waals surface area (Å²) in [6, 6.07) is 5.08. The zero-order valence-corrected chi connectivity index (χ0v) is 12.6. The minimum Gasteiger partial charge on any atom is -0.405 e. The molecule has 1 saturated heterocycles. The van der Waals surface area contributed by atoms with Crippen molar-refractivity contribution in [3.63, 3.8) is 0 Å². The van der Waals surface area contributed by atoms with Crippen LogP contribution in [-0.2, 0) is 0 Å². The van der Waals surface area contributed by atoms with Gasteiger partial charge in [-0.15, -0.1) is 13.2 Å². The summed E-state index contributed by atoms with van der Waals surface area (Å²) in [5, 5.41) is 3.23. The predicted molar refractivity (Wildman–Crippen MR) is 75.1 cm³/mol. The van der Waals surface area contributed by atoms with Crippen LogP contribution in [-0.4, -0.2) is 32.5 Å². The summed E-state index contributed by atoms with van der Waals surface area (Å²) in [5.41, 5.74) is 0.895. The number of anilines is 1. The number of nitrogens with one attached hydrogen (secondary N) is 1. The number of alkyl halides is 3. The molecule has 1 aliphatic heterocycles. The molecule has 0 aromatic heterocycles. The van der Waals surface area contributed by atoms with Gasteiger partial charge in [0.1, 0.15) is 5.75 Å². The Kier molecular flexibility index (Phi) is 4.80. The van der Waals surface area contributed by atoms with E-state index in [1.165, 1.54) is 6.07 Å². The molecule has 1 aromatic rings.